The Kier molecular flexibility index (Phi) is 9.59. The molecule has 1 aliphatic carbocycles. The molecule has 0 saturated carbocycles. The molecule has 1 atom stereocenters. The van der Waals surface area contributed by atoms with Gasteiger partial charge in [-0.2, -0.15) is 0 Å². The molecule has 0 bridgehead atoms. The van der Waals surface area contributed by atoms with Gasteiger partial charge in [0, 0.05) is 72.1 Å². The molecule has 0 amide bonds. The predicted octanol–water partition coefficient (Wildman–Crippen LogP) is 17.5. The standard InChI is InChI=1S/C66H47N5/c1-3-18-46(19-4-1)67(48-34-40-51(41-35-48)69-59-27-12-7-22-54(59)55-23-8-13-28-60(55)69)49-36-42-53(43-37-49)71-63-31-16-11-26-58(63)66-64(32-17-33-65(66)71)68(47-20-5-2-6-21-47)50-38-44-52(45-39-50)70-61-29-14-9-24-56(61)57-25-10-15-30-62(57)70/h1-36,38-45,49H,37H2. The number of benzene rings is 10. The fourth-order valence-corrected chi connectivity index (χ4v) is 11.5. The molecular formula is C66H47N5. The van der Waals surface area contributed by atoms with E-state index in [0.29, 0.717) is 0 Å². The second kappa shape index (κ2) is 16.7. The van der Waals surface area contributed by atoms with E-state index >= 15 is 0 Å². The van der Waals surface area contributed by atoms with Gasteiger partial charge < -0.3 is 23.5 Å². The van der Waals surface area contributed by atoms with Crippen molar-refractivity contribution in [3.63, 3.8) is 0 Å². The lowest BCUT2D eigenvalue weighted by Crippen LogP contribution is -2.30. The maximum atomic E-state index is 2.48. The van der Waals surface area contributed by atoms with Crippen molar-refractivity contribution in [2.45, 2.75) is 12.5 Å². The van der Waals surface area contributed by atoms with Crippen molar-refractivity contribution < 1.29 is 0 Å². The van der Waals surface area contributed by atoms with E-state index < -0.39 is 0 Å². The first-order valence-electron chi connectivity index (χ1n) is 24.5. The monoisotopic (exact) mass is 909 g/mol. The van der Waals surface area contributed by atoms with Crippen LogP contribution in [0.1, 0.15) is 6.42 Å². The summed E-state index contributed by atoms with van der Waals surface area (Å²) in [5, 5.41) is 7.48. The van der Waals surface area contributed by atoms with Gasteiger partial charge in [-0.25, -0.2) is 0 Å². The molecule has 336 valence electrons. The van der Waals surface area contributed by atoms with Gasteiger partial charge in [-0.3, -0.25) is 0 Å². The molecule has 71 heavy (non-hydrogen) atoms. The maximum Gasteiger partial charge on any atom is 0.0562 e. The molecule has 14 rings (SSSR count). The van der Waals surface area contributed by atoms with E-state index in [-0.39, 0.29) is 6.04 Å². The highest BCUT2D eigenvalue weighted by Gasteiger charge is 2.25. The van der Waals surface area contributed by atoms with Crippen LogP contribution in [-0.4, -0.2) is 19.7 Å². The summed E-state index contributed by atoms with van der Waals surface area (Å²) >= 11 is 0. The first-order valence-corrected chi connectivity index (χ1v) is 24.5. The van der Waals surface area contributed by atoms with Crippen LogP contribution in [0, 0.1) is 0 Å². The Hall–Kier alpha value is -9.32. The van der Waals surface area contributed by atoms with Gasteiger partial charge in [-0.05, 0) is 128 Å². The summed E-state index contributed by atoms with van der Waals surface area (Å²) in [6.07, 6.45) is 7.98. The molecule has 10 aromatic carbocycles. The number of rotatable bonds is 9. The number of hydrogen-bond acceptors (Lipinski definition) is 2. The van der Waals surface area contributed by atoms with E-state index in [1.165, 1.54) is 71.1 Å². The van der Waals surface area contributed by atoms with Gasteiger partial charge in [0.05, 0.1) is 44.8 Å². The van der Waals surface area contributed by atoms with E-state index in [4.69, 9.17) is 0 Å². The van der Waals surface area contributed by atoms with Crippen LogP contribution in [0.25, 0.3) is 82.5 Å². The highest BCUT2D eigenvalue weighted by Crippen LogP contribution is 2.45. The number of para-hydroxylation sites is 7. The molecule has 13 aromatic rings. The van der Waals surface area contributed by atoms with E-state index in [9.17, 15) is 0 Å². The van der Waals surface area contributed by atoms with Crippen LogP contribution in [0.15, 0.2) is 267 Å². The molecule has 0 radical (unpaired) electrons. The van der Waals surface area contributed by atoms with Crippen LogP contribution in [-0.2, 0) is 0 Å². The van der Waals surface area contributed by atoms with E-state index in [1.54, 1.807) is 0 Å². The number of aromatic nitrogens is 3. The number of nitrogens with zero attached hydrogens (tertiary/aromatic N) is 5. The molecule has 3 heterocycles. The van der Waals surface area contributed by atoms with Crippen molar-refractivity contribution in [1.29, 1.82) is 0 Å². The molecule has 0 saturated heterocycles. The maximum absolute atomic E-state index is 2.48. The molecule has 5 nitrogen and oxygen atoms in total. The summed E-state index contributed by atoms with van der Waals surface area (Å²) < 4.78 is 7.23. The third kappa shape index (κ3) is 6.62. The van der Waals surface area contributed by atoms with E-state index in [1.807, 2.05) is 0 Å². The van der Waals surface area contributed by atoms with Gasteiger partial charge in [0.25, 0.3) is 0 Å². The highest BCUT2D eigenvalue weighted by molar-refractivity contribution is 6.17. The first-order chi connectivity index (χ1) is 35.3. The number of anilines is 5. The first kappa shape index (κ1) is 40.7. The summed E-state index contributed by atoms with van der Waals surface area (Å²) in [5.74, 6) is 0. The molecule has 0 fully saturated rings. The van der Waals surface area contributed by atoms with Crippen molar-refractivity contribution >= 4 is 99.6 Å². The normalized spacial score (nSPS) is 13.7. The van der Waals surface area contributed by atoms with Gasteiger partial charge >= 0.3 is 0 Å². The lowest BCUT2D eigenvalue weighted by molar-refractivity contribution is 0.783. The molecule has 1 unspecified atom stereocenters. The highest BCUT2D eigenvalue weighted by atomic mass is 15.2. The smallest absolute Gasteiger partial charge is 0.0562 e. The predicted molar refractivity (Wildman–Crippen MR) is 300 cm³/mol. The molecular weight excluding hydrogens is 863 g/mol. The average Bonchev–Trinajstić information content (AvgIpc) is 4.09. The fourth-order valence-electron chi connectivity index (χ4n) is 11.5. The molecule has 5 heteroatoms. The zero-order valence-corrected chi connectivity index (χ0v) is 38.9. The number of fused-ring (bicyclic) bond motifs is 9. The van der Waals surface area contributed by atoms with Crippen molar-refractivity contribution in [3.05, 3.63) is 267 Å². The Bertz CT molecular complexity index is 4090. The van der Waals surface area contributed by atoms with Crippen LogP contribution < -0.4 is 9.80 Å². The third-order valence-corrected chi connectivity index (χ3v) is 14.5. The quantitative estimate of drug-likeness (QED) is 0.144. The summed E-state index contributed by atoms with van der Waals surface area (Å²) in [5.41, 5.74) is 16.3. The van der Waals surface area contributed by atoms with Crippen LogP contribution in [0.3, 0.4) is 0 Å². The molecule has 1 aliphatic rings. The largest absolute Gasteiger partial charge is 0.334 e. The average molecular weight is 910 g/mol. The molecule has 0 N–H and O–H groups in total. The van der Waals surface area contributed by atoms with Crippen LogP contribution in [0.4, 0.5) is 28.4 Å². The zero-order chi connectivity index (χ0) is 46.8. The lowest BCUT2D eigenvalue weighted by Gasteiger charge is -2.33. The number of hydrogen-bond donors (Lipinski definition) is 0. The number of allylic oxidation sites excluding steroid dienone is 2. The van der Waals surface area contributed by atoms with Crippen LogP contribution in [0.2, 0.25) is 0 Å². The topological polar surface area (TPSA) is 21.3 Å². The van der Waals surface area contributed by atoms with Crippen molar-refractivity contribution in [2.75, 3.05) is 9.80 Å². The van der Waals surface area contributed by atoms with Crippen LogP contribution in [0.5, 0.6) is 0 Å². The van der Waals surface area contributed by atoms with Crippen molar-refractivity contribution in [3.8, 4) is 11.4 Å². The Labute approximate surface area is 411 Å². The molecule has 0 aliphatic heterocycles. The second-order valence-electron chi connectivity index (χ2n) is 18.5. The zero-order valence-electron chi connectivity index (χ0n) is 38.9. The van der Waals surface area contributed by atoms with Gasteiger partial charge in [0.2, 0.25) is 0 Å². The third-order valence-electron chi connectivity index (χ3n) is 14.5. The van der Waals surface area contributed by atoms with Gasteiger partial charge in [-0.15, -0.1) is 0 Å². The summed E-state index contributed by atoms with van der Waals surface area (Å²) in [6, 6.07) is 90.3. The van der Waals surface area contributed by atoms with Gasteiger partial charge in [-0.1, -0.05) is 146 Å². The van der Waals surface area contributed by atoms with E-state index in [0.717, 1.165) is 46.2 Å². The Morgan fingerprint density at radius 3 is 1.21 bits per heavy atom. The molecule has 0 spiro atoms. The minimum Gasteiger partial charge on any atom is -0.334 e. The fraction of sp³-hybridized carbons (Fsp3) is 0.0303. The Morgan fingerprint density at radius 2 is 0.718 bits per heavy atom. The van der Waals surface area contributed by atoms with Crippen molar-refractivity contribution in [2.24, 2.45) is 0 Å². The minimum absolute atomic E-state index is 0.1000. The Morgan fingerprint density at radius 1 is 0.324 bits per heavy atom. The summed E-state index contributed by atoms with van der Waals surface area (Å²) in [6.45, 7) is 0. The minimum atomic E-state index is 0.1000. The summed E-state index contributed by atoms with van der Waals surface area (Å²) in [4.78, 5) is 4.90. The van der Waals surface area contributed by atoms with E-state index in [2.05, 4.69) is 290 Å². The summed E-state index contributed by atoms with van der Waals surface area (Å²) in [7, 11) is 0. The van der Waals surface area contributed by atoms with Crippen molar-refractivity contribution in [1.82, 2.24) is 13.7 Å². The van der Waals surface area contributed by atoms with Gasteiger partial charge in [0.1, 0.15) is 0 Å². The molecule has 3 aromatic heterocycles. The Balaban J connectivity index is 0.839. The van der Waals surface area contributed by atoms with Gasteiger partial charge in [0.15, 0.2) is 0 Å². The SMILES string of the molecule is C1=CC(N(c2ccccc2)c2ccc(-n3c4ccccc4c4ccccc43)cc2)CC=C1n1c2ccccc2c2c(N(c3ccccc3)c3ccc(-n4c5ccccc5c5ccccc54)cc3)cccc21. The second-order valence-corrected chi connectivity index (χ2v) is 18.5. The lowest BCUT2D eigenvalue weighted by atomic mass is 10.0. The van der Waals surface area contributed by atoms with Crippen LogP contribution >= 0.6 is 0 Å².